The van der Waals surface area contributed by atoms with Crippen molar-refractivity contribution >= 4 is 17.7 Å². The third-order valence-electron chi connectivity index (χ3n) is 6.30. The topological polar surface area (TPSA) is 84.7 Å². The first-order chi connectivity index (χ1) is 14.6. The Balaban J connectivity index is 1.73. The maximum absolute atomic E-state index is 12.6. The Hall–Kier alpha value is -3.02. The standard InChI is InChI=1S/C25H31N3O3/c1-14-15(2)27-22-20(23(26)29)10-9-19(21(14)22)18-8-6-7-16-13-28(12-11-17(16)18)24(30)31-25(3,4)5/h6-10,14-15,27H,11-13H2,1-5H3,(H2,26,29)/t14-,15-/m1/s1. The smallest absolute Gasteiger partial charge is 0.410 e. The van der Waals surface area contributed by atoms with E-state index in [0.717, 1.165) is 34.4 Å². The fourth-order valence-corrected chi connectivity index (χ4v) is 4.63. The zero-order valence-corrected chi connectivity index (χ0v) is 18.9. The molecule has 0 fully saturated rings. The summed E-state index contributed by atoms with van der Waals surface area (Å²) in [6.45, 7) is 11.1. The summed E-state index contributed by atoms with van der Waals surface area (Å²) in [6.07, 6.45) is 0.482. The van der Waals surface area contributed by atoms with Crippen LogP contribution in [0.1, 0.15) is 67.6 Å². The summed E-state index contributed by atoms with van der Waals surface area (Å²) in [6, 6.07) is 10.3. The molecule has 2 amide bonds. The molecule has 2 heterocycles. The number of nitrogens with two attached hydrogens (primary N) is 1. The van der Waals surface area contributed by atoms with Gasteiger partial charge in [0, 0.05) is 25.0 Å². The molecule has 0 radical (unpaired) electrons. The van der Waals surface area contributed by atoms with E-state index in [4.69, 9.17) is 10.5 Å². The van der Waals surface area contributed by atoms with Crippen LogP contribution < -0.4 is 11.1 Å². The second kappa shape index (κ2) is 7.59. The van der Waals surface area contributed by atoms with Crippen molar-refractivity contribution in [3.05, 3.63) is 52.6 Å². The molecule has 2 aliphatic heterocycles. The second-order valence-corrected chi connectivity index (χ2v) is 9.63. The summed E-state index contributed by atoms with van der Waals surface area (Å²) in [5, 5.41) is 3.46. The van der Waals surface area contributed by atoms with Gasteiger partial charge in [0.15, 0.2) is 0 Å². The van der Waals surface area contributed by atoms with Gasteiger partial charge in [-0.3, -0.25) is 4.79 Å². The van der Waals surface area contributed by atoms with Crippen molar-refractivity contribution in [1.29, 1.82) is 0 Å². The fraction of sp³-hybridized carbons (Fsp3) is 0.440. The maximum atomic E-state index is 12.6. The van der Waals surface area contributed by atoms with Crippen molar-refractivity contribution in [2.24, 2.45) is 5.73 Å². The highest BCUT2D eigenvalue weighted by molar-refractivity contribution is 6.01. The minimum atomic E-state index is -0.512. The summed E-state index contributed by atoms with van der Waals surface area (Å²) in [7, 11) is 0. The number of fused-ring (bicyclic) bond motifs is 2. The lowest BCUT2D eigenvalue weighted by Gasteiger charge is -2.32. The van der Waals surface area contributed by atoms with Crippen molar-refractivity contribution in [3.63, 3.8) is 0 Å². The van der Waals surface area contributed by atoms with Crippen LogP contribution in [-0.2, 0) is 17.7 Å². The van der Waals surface area contributed by atoms with Gasteiger partial charge < -0.3 is 20.7 Å². The Morgan fingerprint density at radius 2 is 1.87 bits per heavy atom. The summed E-state index contributed by atoms with van der Waals surface area (Å²) in [5.74, 6) is -0.165. The Morgan fingerprint density at radius 3 is 2.55 bits per heavy atom. The largest absolute Gasteiger partial charge is 0.444 e. The van der Waals surface area contributed by atoms with Crippen LogP contribution in [0.5, 0.6) is 0 Å². The average Bonchev–Trinajstić information content (AvgIpc) is 2.99. The molecule has 2 aromatic rings. The van der Waals surface area contributed by atoms with Crippen LogP contribution >= 0.6 is 0 Å². The van der Waals surface area contributed by atoms with Gasteiger partial charge in [-0.15, -0.1) is 0 Å². The van der Waals surface area contributed by atoms with Crippen LogP contribution in [0.3, 0.4) is 0 Å². The van der Waals surface area contributed by atoms with E-state index in [1.807, 2.05) is 39.0 Å². The van der Waals surface area contributed by atoms with Crippen molar-refractivity contribution < 1.29 is 14.3 Å². The molecule has 4 rings (SSSR count). The first kappa shape index (κ1) is 21.2. The SMILES string of the molecule is C[C@H]1Nc2c(C(N)=O)ccc(-c3cccc4c3CCN(C(=O)OC(C)(C)C)C4)c2[C@@H]1C. The van der Waals surface area contributed by atoms with E-state index in [-0.39, 0.29) is 18.1 Å². The molecule has 0 saturated heterocycles. The van der Waals surface area contributed by atoms with Gasteiger partial charge in [0.05, 0.1) is 11.3 Å². The summed E-state index contributed by atoms with van der Waals surface area (Å²) in [5.41, 5.74) is 12.3. The molecule has 2 aliphatic rings. The molecule has 3 N–H and O–H groups in total. The van der Waals surface area contributed by atoms with Gasteiger partial charge in [-0.1, -0.05) is 31.2 Å². The number of carbonyl (C=O) groups is 2. The monoisotopic (exact) mass is 421 g/mol. The summed E-state index contributed by atoms with van der Waals surface area (Å²) in [4.78, 5) is 26.3. The van der Waals surface area contributed by atoms with Gasteiger partial charge in [0.2, 0.25) is 0 Å². The number of primary amides is 1. The van der Waals surface area contributed by atoms with Gasteiger partial charge in [-0.25, -0.2) is 4.79 Å². The Labute approximate surface area is 183 Å². The van der Waals surface area contributed by atoms with Gasteiger partial charge in [0.25, 0.3) is 5.91 Å². The summed E-state index contributed by atoms with van der Waals surface area (Å²) >= 11 is 0. The molecule has 0 unspecified atom stereocenters. The van der Waals surface area contributed by atoms with Crippen LogP contribution in [0.2, 0.25) is 0 Å². The quantitative estimate of drug-likeness (QED) is 0.738. The third kappa shape index (κ3) is 3.87. The lowest BCUT2D eigenvalue weighted by Crippen LogP contribution is -2.40. The zero-order chi connectivity index (χ0) is 22.5. The number of amides is 2. The number of nitrogens with zero attached hydrogens (tertiary/aromatic N) is 1. The highest BCUT2D eigenvalue weighted by Crippen LogP contribution is 2.45. The second-order valence-electron chi connectivity index (χ2n) is 9.63. The first-order valence-corrected chi connectivity index (χ1v) is 10.9. The molecule has 6 nitrogen and oxygen atoms in total. The molecular weight excluding hydrogens is 390 g/mol. The average molecular weight is 422 g/mol. The molecule has 31 heavy (non-hydrogen) atoms. The number of ether oxygens (including phenoxy) is 1. The molecular formula is C25H31N3O3. The molecule has 0 bridgehead atoms. The molecule has 0 aliphatic carbocycles. The molecule has 0 spiro atoms. The van der Waals surface area contributed by atoms with Gasteiger partial charge in [-0.2, -0.15) is 0 Å². The summed E-state index contributed by atoms with van der Waals surface area (Å²) < 4.78 is 5.56. The Morgan fingerprint density at radius 1 is 1.13 bits per heavy atom. The van der Waals surface area contributed by atoms with Crippen molar-refractivity contribution in [1.82, 2.24) is 4.90 Å². The minimum Gasteiger partial charge on any atom is -0.444 e. The van der Waals surface area contributed by atoms with E-state index in [9.17, 15) is 9.59 Å². The van der Waals surface area contributed by atoms with Crippen LogP contribution in [0.4, 0.5) is 10.5 Å². The number of hydrogen-bond acceptors (Lipinski definition) is 4. The van der Waals surface area contributed by atoms with Crippen molar-refractivity contribution in [3.8, 4) is 11.1 Å². The number of carbonyl (C=O) groups excluding carboxylic acids is 2. The van der Waals surface area contributed by atoms with Crippen LogP contribution in [0.15, 0.2) is 30.3 Å². The van der Waals surface area contributed by atoms with Crippen molar-refractivity contribution in [2.75, 3.05) is 11.9 Å². The van der Waals surface area contributed by atoms with Gasteiger partial charge >= 0.3 is 6.09 Å². The van der Waals surface area contributed by atoms with E-state index >= 15 is 0 Å². The van der Waals surface area contributed by atoms with E-state index < -0.39 is 11.5 Å². The van der Waals surface area contributed by atoms with Gasteiger partial charge in [-0.05, 0) is 68.0 Å². The normalized spacial score (nSPS) is 20.0. The van der Waals surface area contributed by atoms with E-state index in [1.165, 1.54) is 5.56 Å². The fourth-order valence-electron chi connectivity index (χ4n) is 4.63. The first-order valence-electron chi connectivity index (χ1n) is 10.9. The van der Waals surface area contributed by atoms with Crippen molar-refractivity contribution in [2.45, 2.75) is 65.1 Å². The van der Waals surface area contributed by atoms with Crippen LogP contribution in [-0.4, -0.2) is 35.1 Å². The lowest BCUT2D eigenvalue weighted by molar-refractivity contribution is 0.0224. The predicted octanol–water partition coefficient (Wildman–Crippen LogP) is 4.66. The number of nitrogens with one attached hydrogen (secondary N) is 1. The molecule has 2 aromatic carbocycles. The van der Waals surface area contributed by atoms with E-state index in [1.54, 1.807) is 4.90 Å². The third-order valence-corrected chi connectivity index (χ3v) is 6.30. The Kier molecular flexibility index (Phi) is 5.20. The molecule has 0 saturated carbocycles. The minimum absolute atomic E-state index is 0.219. The van der Waals surface area contributed by atoms with Crippen LogP contribution in [0, 0.1) is 0 Å². The maximum Gasteiger partial charge on any atom is 0.410 e. The molecule has 6 heteroatoms. The number of anilines is 1. The molecule has 2 atom stereocenters. The Bertz CT molecular complexity index is 1050. The molecule has 0 aromatic heterocycles. The number of benzene rings is 2. The lowest BCUT2D eigenvalue weighted by atomic mass is 9.84. The molecule has 164 valence electrons. The van der Waals surface area contributed by atoms with Crippen LogP contribution in [0.25, 0.3) is 11.1 Å². The zero-order valence-electron chi connectivity index (χ0n) is 18.9. The highest BCUT2D eigenvalue weighted by atomic mass is 16.6. The highest BCUT2D eigenvalue weighted by Gasteiger charge is 2.33. The van der Waals surface area contributed by atoms with Gasteiger partial charge in [0.1, 0.15) is 5.60 Å². The van der Waals surface area contributed by atoms with E-state index in [0.29, 0.717) is 18.7 Å². The predicted molar refractivity (Wildman–Crippen MR) is 122 cm³/mol. The number of hydrogen-bond donors (Lipinski definition) is 2. The number of rotatable bonds is 2. The van der Waals surface area contributed by atoms with E-state index in [2.05, 4.69) is 31.3 Å².